The number of carbonyl (C=O) groups is 1. The van der Waals surface area contributed by atoms with E-state index in [0.717, 1.165) is 44.2 Å². The van der Waals surface area contributed by atoms with Crippen LogP contribution < -0.4 is 9.47 Å². The zero-order chi connectivity index (χ0) is 19.8. The summed E-state index contributed by atoms with van der Waals surface area (Å²) in [6.45, 7) is 6.16. The van der Waals surface area contributed by atoms with Crippen LogP contribution >= 0.6 is 11.3 Å². The van der Waals surface area contributed by atoms with Crippen molar-refractivity contribution in [1.82, 2.24) is 14.7 Å². The highest BCUT2D eigenvalue weighted by molar-refractivity contribution is 7.09. The molecule has 3 rings (SSSR count). The quantitative estimate of drug-likeness (QED) is 0.643. The molecule has 0 bridgehead atoms. The average Bonchev–Trinajstić information content (AvgIpc) is 3.22. The number of methoxy groups -OCH3 is 1. The number of thiophene rings is 1. The highest BCUT2D eigenvalue weighted by atomic mass is 32.1. The fourth-order valence-electron chi connectivity index (χ4n) is 3.18. The van der Waals surface area contributed by atoms with Crippen molar-refractivity contribution in [3.63, 3.8) is 0 Å². The average molecular weight is 404 g/mol. The number of hydrogen-bond acceptors (Lipinski definition) is 6. The standard InChI is InChI=1S/C21H29N3O3S/c1-22(13-14-27-19-7-5-18(26-2)6-8-19)17-21(25)24-11-9-23(10-12-24)16-20-4-3-15-28-20/h3-8,15H,9-14,16-17H2,1-2H3. The molecular formula is C21H29N3O3S. The minimum Gasteiger partial charge on any atom is -0.497 e. The molecule has 0 spiro atoms. The largest absolute Gasteiger partial charge is 0.497 e. The van der Waals surface area contributed by atoms with Gasteiger partial charge in [0.2, 0.25) is 5.91 Å². The molecule has 1 saturated heterocycles. The Balaban J connectivity index is 1.32. The number of likely N-dealkylation sites (N-methyl/N-ethyl adjacent to an activating group) is 1. The number of nitrogens with zero attached hydrogens (tertiary/aromatic N) is 3. The maximum absolute atomic E-state index is 12.5. The van der Waals surface area contributed by atoms with Crippen molar-refractivity contribution in [2.24, 2.45) is 0 Å². The molecule has 1 aromatic heterocycles. The van der Waals surface area contributed by atoms with Gasteiger partial charge in [0.25, 0.3) is 0 Å². The van der Waals surface area contributed by atoms with E-state index >= 15 is 0 Å². The summed E-state index contributed by atoms with van der Waals surface area (Å²) in [6.07, 6.45) is 0. The summed E-state index contributed by atoms with van der Waals surface area (Å²) in [4.78, 5) is 20.3. The second-order valence-corrected chi connectivity index (χ2v) is 8.03. The van der Waals surface area contributed by atoms with Gasteiger partial charge in [0, 0.05) is 44.1 Å². The van der Waals surface area contributed by atoms with E-state index in [-0.39, 0.29) is 5.91 Å². The Morgan fingerprint density at radius 3 is 2.46 bits per heavy atom. The summed E-state index contributed by atoms with van der Waals surface area (Å²) in [7, 11) is 3.60. The lowest BCUT2D eigenvalue weighted by Gasteiger charge is -2.35. The molecule has 28 heavy (non-hydrogen) atoms. The van der Waals surface area contributed by atoms with Crippen LogP contribution in [0.25, 0.3) is 0 Å². The molecule has 0 unspecified atom stereocenters. The minimum atomic E-state index is 0.197. The van der Waals surface area contributed by atoms with E-state index < -0.39 is 0 Å². The second-order valence-electron chi connectivity index (χ2n) is 7.00. The van der Waals surface area contributed by atoms with Gasteiger partial charge in [-0.25, -0.2) is 0 Å². The van der Waals surface area contributed by atoms with Crippen LogP contribution in [0.5, 0.6) is 11.5 Å². The van der Waals surface area contributed by atoms with Gasteiger partial charge in [0.05, 0.1) is 13.7 Å². The highest BCUT2D eigenvalue weighted by Gasteiger charge is 2.22. The first-order chi connectivity index (χ1) is 13.6. The third-order valence-corrected chi connectivity index (χ3v) is 5.75. The Morgan fingerprint density at radius 1 is 1.11 bits per heavy atom. The Morgan fingerprint density at radius 2 is 1.82 bits per heavy atom. The first-order valence-electron chi connectivity index (χ1n) is 9.62. The van der Waals surface area contributed by atoms with Gasteiger partial charge >= 0.3 is 0 Å². The van der Waals surface area contributed by atoms with Gasteiger partial charge in [-0.15, -0.1) is 11.3 Å². The lowest BCUT2D eigenvalue weighted by atomic mass is 10.3. The van der Waals surface area contributed by atoms with E-state index in [2.05, 4.69) is 22.4 Å². The van der Waals surface area contributed by atoms with E-state index in [1.165, 1.54) is 4.88 Å². The molecule has 152 valence electrons. The fraction of sp³-hybridized carbons (Fsp3) is 0.476. The van der Waals surface area contributed by atoms with Crippen molar-refractivity contribution in [2.75, 3.05) is 60.0 Å². The van der Waals surface area contributed by atoms with Crippen molar-refractivity contribution < 1.29 is 14.3 Å². The van der Waals surface area contributed by atoms with Gasteiger partial charge in [-0.3, -0.25) is 14.6 Å². The van der Waals surface area contributed by atoms with Gasteiger partial charge in [-0.2, -0.15) is 0 Å². The monoisotopic (exact) mass is 403 g/mol. The first-order valence-corrected chi connectivity index (χ1v) is 10.5. The highest BCUT2D eigenvalue weighted by Crippen LogP contribution is 2.17. The Hall–Kier alpha value is -2.09. The molecular weight excluding hydrogens is 374 g/mol. The van der Waals surface area contributed by atoms with Gasteiger partial charge < -0.3 is 14.4 Å². The maximum atomic E-state index is 12.5. The van der Waals surface area contributed by atoms with Crippen LogP contribution in [0.3, 0.4) is 0 Å². The summed E-state index contributed by atoms with van der Waals surface area (Å²) < 4.78 is 10.9. The molecule has 0 atom stereocenters. The van der Waals surface area contributed by atoms with Crippen molar-refractivity contribution in [1.29, 1.82) is 0 Å². The van der Waals surface area contributed by atoms with Gasteiger partial charge in [0.1, 0.15) is 18.1 Å². The predicted molar refractivity (Wildman–Crippen MR) is 112 cm³/mol. The van der Waals surface area contributed by atoms with Crippen LogP contribution in [0.1, 0.15) is 4.88 Å². The molecule has 2 aromatic rings. The van der Waals surface area contributed by atoms with Gasteiger partial charge in [-0.1, -0.05) is 6.07 Å². The molecule has 0 radical (unpaired) electrons. The van der Waals surface area contributed by atoms with Crippen molar-refractivity contribution >= 4 is 17.2 Å². The summed E-state index contributed by atoms with van der Waals surface area (Å²) in [5, 5.41) is 2.11. The zero-order valence-corrected chi connectivity index (χ0v) is 17.5. The number of piperazine rings is 1. The first kappa shape index (κ1) is 20.6. The smallest absolute Gasteiger partial charge is 0.236 e. The van der Waals surface area contributed by atoms with Crippen molar-refractivity contribution in [3.05, 3.63) is 46.7 Å². The molecule has 6 nitrogen and oxygen atoms in total. The van der Waals surface area contributed by atoms with E-state index in [9.17, 15) is 4.79 Å². The van der Waals surface area contributed by atoms with Crippen LogP contribution in [0.2, 0.25) is 0 Å². The van der Waals surface area contributed by atoms with Crippen LogP contribution in [-0.4, -0.2) is 80.6 Å². The minimum absolute atomic E-state index is 0.197. The number of rotatable bonds is 9. The molecule has 1 aromatic carbocycles. The second kappa shape index (κ2) is 10.5. The van der Waals surface area contributed by atoms with Crippen molar-refractivity contribution in [3.8, 4) is 11.5 Å². The van der Waals surface area contributed by atoms with E-state index in [0.29, 0.717) is 19.7 Å². The van der Waals surface area contributed by atoms with Crippen LogP contribution in [0, 0.1) is 0 Å². The normalized spacial score (nSPS) is 15.0. The van der Waals surface area contributed by atoms with Gasteiger partial charge in [0.15, 0.2) is 0 Å². The fourth-order valence-corrected chi connectivity index (χ4v) is 3.93. The number of amides is 1. The number of hydrogen-bond donors (Lipinski definition) is 0. The summed E-state index contributed by atoms with van der Waals surface area (Å²) in [6, 6.07) is 11.8. The SMILES string of the molecule is COc1ccc(OCCN(C)CC(=O)N2CCN(Cc3cccs3)CC2)cc1. The third kappa shape index (κ3) is 6.22. The predicted octanol–water partition coefficient (Wildman–Crippen LogP) is 2.41. The van der Waals surface area contributed by atoms with E-state index in [4.69, 9.17) is 9.47 Å². The lowest BCUT2D eigenvalue weighted by Crippen LogP contribution is -2.50. The third-order valence-electron chi connectivity index (χ3n) is 4.89. The van der Waals surface area contributed by atoms with Gasteiger partial charge in [-0.05, 0) is 42.8 Å². The zero-order valence-electron chi connectivity index (χ0n) is 16.7. The Bertz CT molecular complexity index is 713. The Kier molecular flexibility index (Phi) is 7.71. The molecule has 1 amide bonds. The molecule has 2 heterocycles. The summed E-state index contributed by atoms with van der Waals surface area (Å²) in [5.74, 6) is 1.82. The molecule has 1 aliphatic rings. The van der Waals surface area contributed by atoms with Crippen LogP contribution in [0.15, 0.2) is 41.8 Å². The van der Waals surface area contributed by atoms with E-state index in [1.54, 1.807) is 18.4 Å². The molecule has 1 aliphatic heterocycles. The number of ether oxygens (including phenoxy) is 2. The molecule has 7 heteroatoms. The maximum Gasteiger partial charge on any atom is 0.236 e. The number of benzene rings is 1. The number of carbonyl (C=O) groups excluding carboxylic acids is 1. The lowest BCUT2D eigenvalue weighted by molar-refractivity contribution is -0.134. The summed E-state index contributed by atoms with van der Waals surface area (Å²) >= 11 is 1.79. The van der Waals surface area contributed by atoms with Crippen LogP contribution in [-0.2, 0) is 11.3 Å². The van der Waals surface area contributed by atoms with Crippen LogP contribution in [0.4, 0.5) is 0 Å². The molecule has 0 N–H and O–H groups in total. The Labute approximate surface area is 171 Å². The topological polar surface area (TPSA) is 45.3 Å². The molecule has 0 saturated carbocycles. The molecule has 1 fully saturated rings. The summed E-state index contributed by atoms with van der Waals surface area (Å²) in [5.41, 5.74) is 0. The molecule has 0 aliphatic carbocycles. The van der Waals surface area contributed by atoms with Crippen molar-refractivity contribution in [2.45, 2.75) is 6.54 Å². The van der Waals surface area contributed by atoms with E-state index in [1.807, 2.05) is 41.1 Å².